The quantitative estimate of drug-likeness (QED) is 0.644. The van der Waals surface area contributed by atoms with Crippen molar-refractivity contribution in [2.75, 3.05) is 18.5 Å². The lowest BCUT2D eigenvalue weighted by molar-refractivity contribution is -0.384. The lowest BCUT2D eigenvalue weighted by atomic mass is 10.1. The number of benzene rings is 1. The van der Waals surface area contributed by atoms with Crippen LogP contribution in [0, 0.1) is 10.1 Å². The van der Waals surface area contributed by atoms with Crippen LogP contribution in [0.2, 0.25) is 0 Å². The van der Waals surface area contributed by atoms with Crippen molar-refractivity contribution in [3.05, 3.63) is 34.4 Å². The molecule has 0 amide bonds. The number of nitrogens with one attached hydrogen (secondary N) is 1. The molecule has 0 saturated carbocycles. The van der Waals surface area contributed by atoms with Gasteiger partial charge in [-0.25, -0.2) is 0 Å². The second kappa shape index (κ2) is 6.35. The molecule has 1 saturated heterocycles. The summed E-state index contributed by atoms with van der Waals surface area (Å²) < 4.78 is 5.64. The number of nitro benzene ring substituents is 1. The summed E-state index contributed by atoms with van der Waals surface area (Å²) in [6, 6.07) is 6.50. The highest BCUT2D eigenvalue weighted by molar-refractivity contribution is 5.48. The van der Waals surface area contributed by atoms with E-state index in [4.69, 9.17) is 4.74 Å². The number of ether oxygens (including phenoxy) is 1. The van der Waals surface area contributed by atoms with E-state index in [-0.39, 0.29) is 10.6 Å². The standard InChI is InChI=1S/C13H18N2O3/c16-15(17)12-6-4-11(5-7-12)14-9-8-13-3-1-2-10-18-13/h4-7,13-14H,1-3,8-10H2. The third kappa shape index (κ3) is 3.70. The van der Waals surface area contributed by atoms with E-state index in [1.807, 2.05) is 0 Å². The van der Waals surface area contributed by atoms with E-state index in [0.29, 0.717) is 6.10 Å². The van der Waals surface area contributed by atoms with Crippen LogP contribution in [0.5, 0.6) is 0 Å². The van der Waals surface area contributed by atoms with E-state index >= 15 is 0 Å². The van der Waals surface area contributed by atoms with Crippen molar-refractivity contribution in [1.82, 2.24) is 0 Å². The maximum Gasteiger partial charge on any atom is 0.269 e. The number of nitro groups is 1. The Kier molecular flexibility index (Phi) is 4.52. The van der Waals surface area contributed by atoms with Crippen LogP contribution in [0.4, 0.5) is 11.4 Å². The first-order valence-electron chi connectivity index (χ1n) is 6.35. The molecule has 0 spiro atoms. The predicted octanol–water partition coefficient (Wildman–Crippen LogP) is 2.97. The number of rotatable bonds is 5. The van der Waals surface area contributed by atoms with Gasteiger partial charge in [-0.3, -0.25) is 10.1 Å². The molecule has 2 rings (SSSR count). The smallest absolute Gasteiger partial charge is 0.269 e. The number of hydrogen-bond acceptors (Lipinski definition) is 4. The molecule has 0 radical (unpaired) electrons. The van der Waals surface area contributed by atoms with E-state index in [0.717, 1.165) is 31.7 Å². The van der Waals surface area contributed by atoms with Crippen LogP contribution in [0.15, 0.2) is 24.3 Å². The topological polar surface area (TPSA) is 64.4 Å². The van der Waals surface area contributed by atoms with E-state index in [9.17, 15) is 10.1 Å². The zero-order valence-corrected chi connectivity index (χ0v) is 10.3. The summed E-state index contributed by atoms with van der Waals surface area (Å²) in [6.07, 6.45) is 4.91. The van der Waals surface area contributed by atoms with Crippen LogP contribution in [0.3, 0.4) is 0 Å². The normalized spacial score (nSPS) is 19.4. The van der Waals surface area contributed by atoms with Crippen LogP contribution in [-0.2, 0) is 4.74 Å². The monoisotopic (exact) mass is 250 g/mol. The van der Waals surface area contributed by atoms with Crippen molar-refractivity contribution in [3.8, 4) is 0 Å². The third-order valence-corrected chi connectivity index (χ3v) is 3.15. The Balaban J connectivity index is 1.74. The Morgan fingerprint density at radius 3 is 2.72 bits per heavy atom. The lowest BCUT2D eigenvalue weighted by Crippen LogP contribution is -2.21. The van der Waals surface area contributed by atoms with Gasteiger partial charge in [-0.05, 0) is 37.8 Å². The van der Waals surface area contributed by atoms with Gasteiger partial charge in [-0.15, -0.1) is 0 Å². The van der Waals surface area contributed by atoms with E-state index in [2.05, 4.69) is 5.32 Å². The maximum atomic E-state index is 10.5. The minimum absolute atomic E-state index is 0.121. The van der Waals surface area contributed by atoms with Gasteiger partial charge in [-0.2, -0.15) is 0 Å². The van der Waals surface area contributed by atoms with Crippen LogP contribution in [0.25, 0.3) is 0 Å². The van der Waals surface area contributed by atoms with Gasteiger partial charge in [-0.1, -0.05) is 0 Å². The Labute approximate surface area is 106 Å². The molecule has 1 unspecified atom stereocenters. The largest absolute Gasteiger partial charge is 0.385 e. The molecule has 0 aliphatic carbocycles. The Morgan fingerprint density at radius 1 is 1.33 bits per heavy atom. The van der Waals surface area contributed by atoms with Gasteiger partial charge >= 0.3 is 0 Å². The summed E-state index contributed by atoms with van der Waals surface area (Å²) in [5, 5.41) is 13.8. The Morgan fingerprint density at radius 2 is 2.11 bits per heavy atom. The molecule has 1 heterocycles. The zero-order chi connectivity index (χ0) is 12.8. The molecule has 1 N–H and O–H groups in total. The first-order chi connectivity index (χ1) is 8.75. The van der Waals surface area contributed by atoms with E-state index in [1.165, 1.54) is 25.0 Å². The molecule has 1 fully saturated rings. The average Bonchev–Trinajstić information content (AvgIpc) is 2.40. The molecule has 1 atom stereocenters. The molecule has 0 bridgehead atoms. The summed E-state index contributed by atoms with van der Waals surface area (Å²) >= 11 is 0. The molecule has 5 heteroatoms. The fraction of sp³-hybridized carbons (Fsp3) is 0.538. The summed E-state index contributed by atoms with van der Waals surface area (Å²) in [4.78, 5) is 10.1. The Hall–Kier alpha value is -1.62. The first-order valence-corrected chi connectivity index (χ1v) is 6.35. The van der Waals surface area contributed by atoms with Crippen molar-refractivity contribution >= 4 is 11.4 Å². The molecule has 1 aliphatic rings. The predicted molar refractivity (Wildman–Crippen MR) is 69.8 cm³/mol. The minimum atomic E-state index is -0.389. The summed E-state index contributed by atoms with van der Waals surface area (Å²) in [5.41, 5.74) is 1.03. The molecule has 1 aromatic carbocycles. The fourth-order valence-corrected chi connectivity index (χ4v) is 2.11. The highest BCUT2D eigenvalue weighted by Gasteiger charge is 2.13. The van der Waals surface area contributed by atoms with Gasteiger partial charge in [0.2, 0.25) is 0 Å². The summed E-state index contributed by atoms with van der Waals surface area (Å²) in [6.45, 7) is 1.71. The Bertz CT molecular complexity index is 386. The number of nitrogens with zero attached hydrogens (tertiary/aromatic N) is 1. The summed E-state index contributed by atoms with van der Waals surface area (Å²) in [5.74, 6) is 0. The van der Waals surface area contributed by atoms with Gasteiger partial charge in [0.25, 0.3) is 5.69 Å². The van der Waals surface area contributed by atoms with Crippen LogP contribution >= 0.6 is 0 Å². The van der Waals surface area contributed by atoms with Gasteiger partial charge < -0.3 is 10.1 Å². The number of non-ortho nitro benzene ring substituents is 1. The molecule has 98 valence electrons. The van der Waals surface area contributed by atoms with Crippen molar-refractivity contribution in [2.45, 2.75) is 31.8 Å². The first kappa shape index (κ1) is 12.8. The molecular weight excluding hydrogens is 232 g/mol. The van der Waals surface area contributed by atoms with E-state index in [1.54, 1.807) is 12.1 Å². The van der Waals surface area contributed by atoms with Gasteiger partial charge in [0.1, 0.15) is 0 Å². The van der Waals surface area contributed by atoms with Gasteiger partial charge in [0, 0.05) is 31.0 Å². The van der Waals surface area contributed by atoms with Crippen LogP contribution in [-0.4, -0.2) is 24.2 Å². The molecule has 5 nitrogen and oxygen atoms in total. The number of hydrogen-bond donors (Lipinski definition) is 1. The van der Waals surface area contributed by atoms with Gasteiger partial charge in [0.15, 0.2) is 0 Å². The minimum Gasteiger partial charge on any atom is -0.385 e. The highest BCUT2D eigenvalue weighted by Crippen LogP contribution is 2.17. The zero-order valence-electron chi connectivity index (χ0n) is 10.3. The van der Waals surface area contributed by atoms with Crippen LogP contribution < -0.4 is 5.32 Å². The molecule has 18 heavy (non-hydrogen) atoms. The van der Waals surface area contributed by atoms with E-state index < -0.39 is 0 Å². The van der Waals surface area contributed by atoms with Crippen molar-refractivity contribution in [1.29, 1.82) is 0 Å². The third-order valence-electron chi connectivity index (χ3n) is 3.15. The van der Waals surface area contributed by atoms with Crippen molar-refractivity contribution < 1.29 is 9.66 Å². The average molecular weight is 250 g/mol. The van der Waals surface area contributed by atoms with Gasteiger partial charge in [0.05, 0.1) is 11.0 Å². The summed E-state index contributed by atoms with van der Waals surface area (Å²) in [7, 11) is 0. The number of anilines is 1. The molecular formula is C13H18N2O3. The van der Waals surface area contributed by atoms with Crippen LogP contribution in [0.1, 0.15) is 25.7 Å². The molecule has 1 aliphatic heterocycles. The second-order valence-electron chi connectivity index (χ2n) is 4.51. The SMILES string of the molecule is O=[N+]([O-])c1ccc(NCCC2CCCCO2)cc1. The molecule has 1 aromatic rings. The molecule has 0 aromatic heterocycles. The maximum absolute atomic E-state index is 10.5. The van der Waals surface area contributed by atoms with Crippen molar-refractivity contribution in [2.24, 2.45) is 0 Å². The van der Waals surface area contributed by atoms with Crippen molar-refractivity contribution in [3.63, 3.8) is 0 Å². The highest BCUT2D eigenvalue weighted by atomic mass is 16.6. The second-order valence-corrected chi connectivity index (χ2v) is 4.51. The fourth-order valence-electron chi connectivity index (χ4n) is 2.11. The lowest BCUT2D eigenvalue weighted by Gasteiger charge is -2.22.